The molecule has 0 aromatic heterocycles. The number of rotatable bonds is 8. The van der Waals surface area contributed by atoms with E-state index in [-0.39, 0.29) is 17.7 Å². The lowest BCUT2D eigenvalue weighted by Gasteiger charge is -2.27. The van der Waals surface area contributed by atoms with Crippen LogP contribution in [0, 0.1) is 5.92 Å². The van der Waals surface area contributed by atoms with Crippen LogP contribution in [0.3, 0.4) is 0 Å². The average Bonchev–Trinajstić information content (AvgIpc) is 3.28. The summed E-state index contributed by atoms with van der Waals surface area (Å²) >= 11 is 0. The molecule has 2 aliphatic rings. The Morgan fingerprint density at radius 2 is 2.07 bits per heavy atom. The van der Waals surface area contributed by atoms with Gasteiger partial charge in [0.2, 0.25) is 11.8 Å². The summed E-state index contributed by atoms with van der Waals surface area (Å²) in [5.41, 5.74) is 1.90. The minimum atomic E-state index is -0.263. The van der Waals surface area contributed by atoms with Crippen LogP contribution in [0.1, 0.15) is 38.7 Å². The van der Waals surface area contributed by atoms with Crippen LogP contribution in [0.4, 0.5) is 5.69 Å². The van der Waals surface area contributed by atoms with Crippen molar-refractivity contribution in [2.75, 3.05) is 38.0 Å². The van der Waals surface area contributed by atoms with Crippen molar-refractivity contribution in [3.63, 3.8) is 0 Å². The van der Waals surface area contributed by atoms with Gasteiger partial charge in [0.05, 0.1) is 5.92 Å². The summed E-state index contributed by atoms with van der Waals surface area (Å²) in [6.45, 7) is 9.27. The molecular weight excluding hydrogens is 340 g/mol. The first-order chi connectivity index (χ1) is 13.1. The number of nitrogens with zero attached hydrogens (tertiary/aromatic N) is 2. The van der Waals surface area contributed by atoms with Gasteiger partial charge in [0, 0.05) is 37.8 Å². The minimum absolute atomic E-state index is 0.0476. The Hall–Kier alpha value is -1.92. The highest BCUT2D eigenvalue weighted by atomic mass is 16.2. The number of carbonyl (C=O) groups is 2. The van der Waals surface area contributed by atoms with Crippen molar-refractivity contribution < 1.29 is 9.59 Å². The zero-order chi connectivity index (χ0) is 19.2. The Morgan fingerprint density at radius 1 is 1.26 bits per heavy atom. The second-order valence-electron chi connectivity index (χ2n) is 7.55. The van der Waals surface area contributed by atoms with Gasteiger partial charge in [-0.1, -0.05) is 32.0 Å². The van der Waals surface area contributed by atoms with Crippen molar-refractivity contribution >= 4 is 17.5 Å². The first kappa shape index (κ1) is 19.8. The average molecular weight is 373 g/mol. The van der Waals surface area contributed by atoms with Crippen LogP contribution in [-0.4, -0.2) is 60.4 Å². The molecule has 2 unspecified atom stereocenters. The summed E-state index contributed by atoms with van der Waals surface area (Å²) in [5.74, 6) is -0.200. The van der Waals surface area contributed by atoms with E-state index < -0.39 is 0 Å². The van der Waals surface area contributed by atoms with Crippen LogP contribution in [0.5, 0.6) is 0 Å². The molecule has 1 aromatic rings. The molecule has 0 bridgehead atoms. The molecule has 6 heteroatoms. The topological polar surface area (TPSA) is 64.7 Å². The third-order valence-electron chi connectivity index (χ3n) is 5.76. The van der Waals surface area contributed by atoms with Crippen LogP contribution in [0.25, 0.3) is 0 Å². The summed E-state index contributed by atoms with van der Waals surface area (Å²) in [6, 6.07) is 8.29. The van der Waals surface area contributed by atoms with Gasteiger partial charge in [-0.3, -0.25) is 14.5 Å². The highest BCUT2D eigenvalue weighted by Gasteiger charge is 2.37. The monoisotopic (exact) mass is 372 g/mol. The van der Waals surface area contributed by atoms with E-state index in [4.69, 9.17) is 0 Å². The highest BCUT2D eigenvalue weighted by Crippen LogP contribution is 2.25. The van der Waals surface area contributed by atoms with Crippen molar-refractivity contribution in [3.8, 4) is 0 Å². The molecule has 0 saturated carbocycles. The van der Waals surface area contributed by atoms with Crippen LogP contribution >= 0.6 is 0 Å². The number of amides is 2. The van der Waals surface area contributed by atoms with Gasteiger partial charge in [-0.05, 0) is 44.1 Å². The van der Waals surface area contributed by atoms with Crippen LogP contribution in [0.2, 0.25) is 0 Å². The molecule has 6 nitrogen and oxygen atoms in total. The highest BCUT2D eigenvalue weighted by molar-refractivity contribution is 5.97. The van der Waals surface area contributed by atoms with Gasteiger partial charge in [0.1, 0.15) is 0 Å². The van der Waals surface area contributed by atoms with E-state index in [0.717, 1.165) is 50.4 Å². The first-order valence-electron chi connectivity index (χ1n) is 10.2. The van der Waals surface area contributed by atoms with Crippen LogP contribution in [-0.2, 0) is 16.1 Å². The maximum Gasteiger partial charge on any atom is 0.229 e. The fraction of sp³-hybridized carbons (Fsp3) is 0.619. The third kappa shape index (κ3) is 4.87. The van der Waals surface area contributed by atoms with E-state index in [1.807, 2.05) is 29.2 Å². The van der Waals surface area contributed by atoms with Gasteiger partial charge in [0.25, 0.3) is 0 Å². The number of likely N-dealkylation sites (N-methyl/N-ethyl adjacent to an activating group) is 1. The summed E-state index contributed by atoms with van der Waals surface area (Å²) in [7, 11) is 0. The van der Waals surface area contributed by atoms with E-state index >= 15 is 0 Å². The van der Waals surface area contributed by atoms with Gasteiger partial charge in [-0.25, -0.2) is 0 Å². The fourth-order valence-corrected chi connectivity index (χ4v) is 4.19. The SMILES string of the molecule is CCNCc1ccccc1NC(=O)C1CC(=O)N(CC2CCCN2CC)C1. The number of anilines is 1. The smallest absolute Gasteiger partial charge is 0.229 e. The molecular formula is C21H32N4O2. The van der Waals surface area contributed by atoms with Gasteiger partial charge >= 0.3 is 0 Å². The van der Waals surface area contributed by atoms with Gasteiger partial charge < -0.3 is 15.5 Å². The van der Waals surface area contributed by atoms with E-state index in [9.17, 15) is 9.59 Å². The van der Waals surface area contributed by atoms with Crippen LogP contribution in [0.15, 0.2) is 24.3 Å². The Balaban J connectivity index is 1.58. The second-order valence-corrected chi connectivity index (χ2v) is 7.55. The molecule has 2 aliphatic heterocycles. The third-order valence-corrected chi connectivity index (χ3v) is 5.76. The number of likely N-dealkylation sites (tertiary alicyclic amines) is 2. The maximum atomic E-state index is 12.8. The van der Waals surface area contributed by atoms with Crippen LogP contribution < -0.4 is 10.6 Å². The molecule has 27 heavy (non-hydrogen) atoms. The fourth-order valence-electron chi connectivity index (χ4n) is 4.19. The Labute approximate surface area is 162 Å². The standard InChI is InChI=1S/C21H32N4O2/c1-3-22-13-16-8-5-6-10-19(16)23-21(27)17-12-20(26)25(14-17)15-18-9-7-11-24(18)4-2/h5-6,8,10,17-18,22H,3-4,7,9,11-15H2,1-2H3,(H,23,27). The van der Waals surface area contributed by atoms with E-state index in [0.29, 0.717) is 19.0 Å². The summed E-state index contributed by atoms with van der Waals surface area (Å²) in [5, 5.41) is 6.34. The zero-order valence-electron chi connectivity index (χ0n) is 16.5. The van der Waals surface area contributed by atoms with Crippen molar-refractivity contribution in [2.24, 2.45) is 5.92 Å². The predicted molar refractivity (Wildman–Crippen MR) is 107 cm³/mol. The Morgan fingerprint density at radius 3 is 2.85 bits per heavy atom. The normalized spacial score (nSPS) is 23.2. The quantitative estimate of drug-likeness (QED) is 0.733. The van der Waals surface area contributed by atoms with E-state index in [1.165, 1.54) is 6.42 Å². The molecule has 1 aromatic carbocycles. The number of para-hydroxylation sites is 1. The first-order valence-corrected chi connectivity index (χ1v) is 10.2. The second kappa shape index (κ2) is 9.33. The molecule has 2 heterocycles. The molecule has 2 saturated heterocycles. The van der Waals surface area contributed by atoms with Crippen molar-refractivity contribution in [2.45, 2.75) is 45.7 Å². The zero-order valence-corrected chi connectivity index (χ0v) is 16.5. The lowest BCUT2D eigenvalue weighted by atomic mass is 10.1. The summed E-state index contributed by atoms with van der Waals surface area (Å²) in [4.78, 5) is 29.6. The van der Waals surface area contributed by atoms with Crippen molar-refractivity contribution in [3.05, 3.63) is 29.8 Å². The number of carbonyl (C=O) groups excluding carboxylic acids is 2. The summed E-state index contributed by atoms with van der Waals surface area (Å²) < 4.78 is 0. The molecule has 0 aliphatic carbocycles. The van der Waals surface area contributed by atoms with E-state index in [1.54, 1.807) is 0 Å². The molecule has 2 N–H and O–H groups in total. The molecule has 2 fully saturated rings. The number of benzene rings is 1. The number of nitrogens with one attached hydrogen (secondary N) is 2. The predicted octanol–water partition coefficient (Wildman–Crippen LogP) is 2.07. The molecule has 3 rings (SSSR count). The lowest BCUT2D eigenvalue weighted by Crippen LogP contribution is -2.41. The maximum absolute atomic E-state index is 12.8. The Bertz CT molecular complexity index is 663. The molecule has 2 atom stereocenters. The molecule has 2 amide bonds. The van der Waals surface area contributed by atoms with Gasteiger partial charge in [0.15, 0.2) is 0 Å². The minimum Gasteiger partial charge on any atom is -0.340 e. The number of hydrogen-bond acceptors (Lipinski definition) is 4. The van der Waals surface area contributed by atoms with Gasteiger partial charge in [-0.2, -0.15) is 0 Å². The Kier molecular flexibility index (Phi) is 6.85. The van der Waals surface area contributed by atoms with Gasteiger partial charge in [-0.15, -0.1) is 0 Å². The number of hydrogen-bond donors (Lipinski definition) is 2. The lowest BCUT2D eigenvalue weighted by molar-refractivity contribution is -0.128. The van der Waals surface area contributed by atoms with E-state index in [2.05, 4.69) is 29.4 Å². The molecule has 148 valence electrons. The summed E-state index contributed by atoms with van der Waals surface area (Å²) in [6.07, 6.45) is 2.67. The van der Waals surface area contributed by atoms with Crippen molar-refractivity contribution in [1.82, 2.24) is 15.1 Å². The molecule has 0 radical (unpaired) electrons. The largest absolute Gasteiger partial charge is 0.340 e. The van der Waals surface area contributed by atoms with Crippen molar-refractivity contribution in [1.29, 1.82) is 0 Å². The molecule has 0 spiro atoms.